The highest BCUT2D eigenvalue weighted by Gasteiger charge is 2.47. The fourth-order valence-corrected chi connectivity index (χ4v) is 7.66. The molecule has 1 N–H and O–H groups in total. The summed E-state index contributed by atoms with van der Waals surface area (Å²) in [5.74, 6) is 0.646. The number of ether oxygens (including phenoxy) is 1. The number of hydrogen-bond donors (Lipinski definition) is 1. The number of rotatable bonds is 7. The summed E-state index contributed by atoms with van der Waals surface area (Å²) in [6, 6.07) is 7.42. The quantitative estimate of drug-likeness (QED) is 0.249. The van der Waals surface area contributed by atoms with Crippen LogP contribution in [0.15, 0.2) is 34.3 Å². The van der Waals surface area contributed by atoms with E-state index in [4.69, 9.17) is 32.5 Å². The maximum atomic E-state index is 12.2. The number of aromatic carboxylic acids is 1. The van der Waals surface area contributed by atoms with Crippen molar-refractivity contribution in [1.82, 2.24) is 10.1 Å². The zero-order chi connectivity index (χ0) is 26.1. The minimum atomic E-state index is -0.903. The molecule has 2 aromatic heterocycles. The molecule has 3 unspecified atom stereocenters. The lowest BCUT2D eigenvalue weighted by molar-refractivity contribution is 0.0122. The Labute approximate surface area is 233 Å². The molecule has 0 amide bonds. The largest absolute Gasteiger partial charge is 0.478 e. The van der Waals surface area contributed by atoms with E-state index in [2.05, 4.69) is 15.0 Å². The molecule has 1 saturated heterocycles. The third-order valence-corrected chi connectivity index (χ3v) is 9.64. The normalized spacial score (nSPS) is 22.6. The topological polar surface area (TPSA) is 88.7 Å². The van der Waals surface area contributed by atoms with Crippen LogP contribution < -0.4 is 4.90 Å². The molecule has 3 heterocycles. The smallest absolute Gasteiger partial charge is 0.337 e. The average Bonchev–Trinajstić information content (AvgIpc) is 3.24. The molecule has 0 radical (unpaired) electrons. The Kier molecular flexibility index (Phi) is 5.92. The predicted octanol–water partition coefficient (Wildman–Crippen LogP) is 7.33. The Balaban J connectivity index is 1.13. The molecule has 2 aliphatic carbocycles. The zero-order valence-corrected chi connectivity index (χ0v) is 22.9. The Morgan fingerprint density at radius 3 is 2.74 bits per heavy atom. The minimum Gasteiger partial charge on any atom is -0.478 e. The summed E-state index contributed by atoms with van der Waals surface area (Å²) in [6.07, 6.45) is 4.04. The van der Waals surface area contributed by atoms with Crippen molar-refractivity contribution in [2.24, 2.45) is 5.92 Å². The Morgan fingerprint density at radius 1 is 1.26 bits per heavy atom. The number of hydrogen-bond acceptors (Lipinski definition) is 7. The van der Waals surface area contributed by atoms with Crippen LogP contribution in [-0.4, -0.2) is 39.9 Å². The van der Waals surface area contributed by atoms with Gasteiger partial charge in [-0.05, 0) is 50.8 Å². The molecular formula is C28H25Cl2N3O4S. The van der Waals surface area contributed by atoms with E-state index in [0.29, 0.717) is 45.3 Å². The molecule has 0 spiro atoms. The van der Waals surface area contributed by atoms with Crippen LogP contribution in [-0.2, 0) is 11.3 Å². The van der Waals surface area contributed by atoms with Crippen molar-refractivity contribution in [3.63, 3.8) is 0 Å². The lowest BCUT2D eigenvalue weighted by Gasteiger charge is -2.35. The number of fused-ring (bicyclic) bond motifs is 3. The molecule has 38 heavy (non-hydrogen) atoms. The van der Waals surface area contributed by atoms with E-state index in [-0.39, 0.29) is 12.1 Å². The van der Waals surface area contributed by atoms with Crippen molar-refractivity contribution in [1.29, 1.82) is 0 Å². The first-order valence-electron chi connectivity index (χ1n) is 12.8. The summed E-state index contributed by atoms with van der Waals surface area (Å²) in [7, 11) is 0. The van der Waals surface area contributed by atoms with Gasteiger partial charge in [-0.15, -0.1) is 11.3 Å². The standard InChI is InChI=1S/C28H25Cl2N3O4S/c1-13-24-22(38-12-31-24)9-17(28(34)35)26(13)33-10-15-7-16(33)8-21(15)36-11-18-25(32-37-27(18)14-5-6-14)23-19(29)3-2-4-20(23)30/h2-4,9,12,14-16,21H,5-8,10-11H2,1H3,(H,34,35). The Bertz CT molecular complexity index is 1560. The van der Waals surface area contributed by atoms with Crippen molar-refractivity contribution < 1.29 is 19.2 Å². The van der Waals surface area contributed by atoms with E-state index in [9.17, 15) is 9.90 Å². The lowest BCUT2D eigenvalue weighted by atomic mass is 10.0. The minimum absolute atomic E-state index is 0.0735. The van der Waals surface area contributed by atoms with E-state index in [0.717, 1.165) is 65.0 Å². The number of benzene rings is 2. The lowest BCUT2D eigenvalue weighted by Crippen LogP contribution is -2.39. The van der Waals surface area contributed by atoms with Gasteiger partial charge in [-0.2, -0.15) is 0 Å². The van der Waals surface area contributed by atoms with Gasteiger partial charge < -0.3 is 19.3 Å². The molecule has 2 bridgehead atoms. The van der Waals surface area contributed by atoms with Crippen molar-refractivity contribution >= 4 is 56.4 Å². The number of carbonyl (C=O) groups is 1. The first-order chi connectivity index (χ1) is 18.4. The van der Waals surface area contributed by atoms with Crippen molar-refractivity contribution in [3.05, 3.63) is 62.3 Å². The summed E-state index contributed by atoms with van der Waals surface area (Å²) in [6.45, 7) is 3.12. The van der Waals surface area contributed by atoms with E-state index in [1.54, 1.807) is 23.7 Å². The molecule has 2 aromatic carbocycles. The third kappa shape index (κ3) is 3.92. The van der Waals surface area contributed by atoms with Gasteiger partial charge in [-0.1, -0.05) is 34.4 Å². The van der Waals surface area contributed by atoms with E-state index in [1.807, 2.05) is 13.0 Å². The van der Waals surface area contributed by atoms with Crippen LogP contribution >= 0.6 is 34.5 Å². The van der Waals surface area contributed by atoms with E-state index in [1.165, 1.54) is 11.3 Å². The van der Waals surface area contributed by atoms with Crippen LogP contribution in [0, 0.1) is 12.8 Å². The second kappa shape index (κ2) is 9.23. The molecule has 3 aliphatic rings. The van der Waals surface area contributed by atoms with Crippen LogP contribution in [0.5, 0.6) is 0 Å². The van der Waals surface area contributed by atoms with Crippen molar-refractivity contribution in [2.75, 3.05) is 11.4 Å². The van der Waals surface area contributed by atoms with Crippen LogP contribution in [0.1, 0.15) is 58.8 Å². The summed E-state index contributed by atoms with van der Waals surface area (Å²) >= 11 is 14.5. The number of carboxylic acid groups (broad SMARTS) is 1. The first-order valence-corrected chi connectivity index (χ1v) is 14.5. The predicted molar refractivity (Wildman–Crippen MR) is 148 cm³/mol. The van der Waals surface area contributed by atoms with E-state index < -0.39 is 5.97 Å². The van der Waals surface area contributed by atoms with Gasteiger partial charge in [0.25, 0.3) is 0 Å². The molecule has 196 valence electrons. The molecule has 4 aromatic rings. The summed E-state index contributed by atoms with van der Waals surface area (Å²) < 4.78 is 13.3. The molecule has 3 fully saturated rings. The molecule has 2 saturated carbocycles. The molecular weight excluding hydrogens is 545 g/mol. The van der Waals surface area contributed by atoms with Gasteiger partial charge in [0, 0.05) is 41.1 Å². The molecule has 1 aliphatic heterocycles. The van der Waals surface area contributed by atoms with Crippen LogP contribution in [0.25, 0.3) is 21.5 Å². The van der Waals surface area contributed by atoms with Crippen LogP contribution in [0.2, 0.25) is 10.0 Å². The van der Waals surface area contributed by atoms with Crippen molar-refractivity contribution in [2.45, 2.75) is 57.3 Å². The summed E-state index contributed by atoms with van der Waals surface area (Å²) in [5, 5.41) is 15.4. The second-order valence-corrected chi connectivity index (χ2v) is 12.2. The van der Waals surface area contributed by atoms with Gasteiger partial charge in [0.05, 0.1) is 49.7 Å². The molecule has 7 nitrogen and oxygen atoms in total. The van der Waals surface area contributed by atoms with Crippen LogP contribution in [0.3, 0.4) is 0 Å². The fourth-order valence-electron chi connectivity index (χ4n) is 6.31. The number of carboxylic acids is 1. The molecule has 7 rings (SSSR count). The van der Waals surface area contributed by atoms with Gasteiger partial charge in [0.2, 0.25) is 0 Å². The summed E-state index contributed by atoms with van der Waals surface area (Å²) in [4.78, 5) is 19.0. The maximum Gasteiger partial charge on any atom is 0.337 e. The average molecular weight is 570 g/mol. The second-order valence-electron chi connectivity index (χ2n) is 10.5. The Morgan fingerprint density at radius 2 is 2.05 bits per heavy atom. The maximum absolute atomic E-state index is 12.2. The number of anilines is 1. The third-order valence-electron chi connectivity index (χ3n) is 8.24. The number of thiazole rings is 1. The van der Waals surface area contributed by atoms with Crippen molar-refractivity contribution in [3.8, 4) is 11.3 Å². The number of halogens is 2. The first kappa shape index (κ1) is 24.4. The van der Waals surface area contributed by atoms with Gasteiger partial charge in [0.15, 0.2) is 0 Å². The monoisotopic (exact) mass is 569 g/mol. The van der Waals surface area contributed by atoms with Gasteiger partial charge in [-0.25, -0.2) is 9.78 Å². The van der Waals surface area contributed by atoms with Crippen LogP contribution in [0.4, 0.5) is 5.69 Å². The molecule has 3 atom stereocenters. The fraction of sp³-hybridized carbons (Fsp3) is 0.393. The zero-order valence-electron chi connectivity index (χ0n) is 20.6. The van der Waals surface area contributed by atoms with Gasteiger partial charge >= 0.3 is 5.97 Å². The highest BCUT2D eigenvalue weighted by atomic mass is 35.5. The van der Waals surface area contributed by atoms with E-state index >= 15 is 0 Å². The van der Waals surface area contributed by atoms with Gasteiger partial charge in [0.1, 0.15) is 11.5 Å². The SMILES string of the molecule is Cc1c(N2CC3CC2CC3OCc2c(-c3c(Cl)cccc3Cl)noc2C2CC2)c(C(=O)O)cc2scnc12. The summed E-state index contributed by atoms with van der Waals surface area (Å²) in [5.41, 5.74) is 7.01. The highest BCUT2D eigenvalue weighted by Crippen LogP contribution is 2.48. The Hall–Kier alpha value is -2.65. The number of nitrogens with zero attached hydrogens (tertiary/aromatic N) is 3. The number of aryl methyl sites for hydroxylation is 1. The highest BCUT2D eigenvalue weighted by molar-refractivity contribution is 7.16. The number of aromatic nitrogens is 2. The number of piperidine rings is 1. The van der Waals surface area contributed by atoms with Gasteiger partial charge in [-0.3, -0.25) is 0 Å². The molecule has 10 heteroatoms.